The molecule has 0 aliphatic rings. The van der Waals surface area contributed by atoms with Gasteiger partial charge < -0.3 is 14.3 Å². The molecular weight excluding hydrogens is 330 g/mol. The lowest BCUT2D eigenvalue weighted by atomic mass is 10.2. The first-order valence-electron chi connectivity index (χ1n) is 7.05. The second-order valence-electron chi connectivity index (χ2n) is 5.12. The fraction of sp³-hybridized carbons (Fsp3) is 0.312. The zero-order chi connectivity index (χ0) is 14.8. The molecule has 3 rings (SSSR count). The van der Waals surface area contributed by atoms with Gasteiger partial charge in [0.15, 0.2) is 4.67 Å². The number of fused-ring (bicyclic) bond motifs is 1. The van der Waals surface area contributed by atoms with Crippen LogP contribution in [0, 0.1) is 6.92 Å². The van der Waals surface area contributed by atoms with Crippen LogP contribution in [0.4, 0.5) is 0 Å². The maximum atomic E-state index is 5.56. The van der Waals surface area contributed by atoms with Gasteiger partial charge in [-0.1, -0.05) is 12.1 Å². The summed E-state index contributed by atoms with van der Waals surface area (Å²) in [5, 5.41) is 3.48. The monoisotopic (exact) mass is 347 g/mol. The van der Waals surface area contributed by atoms with Gasteiger partial charge in [-0.15, -0.1) is 0 Å². The molecule has 0 bridgehead atoms. The number of aryl methyl sites for hydroxylation is 1. The SMILES string of the molecule is Cc1nc2ccccc2n1CCNC(C)c1ccc(Br)o1. The van der Waals surface area contributed by atoms with E-state index in [2.05, 4.69) is 55.9 Å². The summed E-state index contributed by atoms with van der Waals surface area (Å²) in [4.78, 5) is 4.58. The van der Waals surface area contributed by atoms with Crippen molar-refractivity contribution in [3.05, 3.63) is 52.7 Å². The Morgan fingerprint density at radius 3 is 2.86 bits per heavy atom. The number of imidazole rings is 1. The molecule has 1 aromatic carbocycles. The summed E-state index contributed by atoms with van der Waals surface area (Å²) in [7, 11) is 0. The molecule has 110 valence electrons. The van der Waals surface area contributed by atoms with Crippen molar-refractivity contribution in [2.75, 3.05) is 6.54 Å². The molecule has 1 N–H and O–H groups in total. The van der Waals surface area contributed by atoms with E-state index in [0.717, 1.165) is 34.9 Å². The third kappa shape index (κ3) is 3.04. The maximum Gasteiger partial charge on any atom is 0.169 e. The number of hydrogen-bond acceptors (Lipinski definition) is 3. The van der Waals surface area contributed by atoms with Crippen molar-refractivity contribution in [1.29, 1.82) is 0 Å². The van der Waals surface area contributed by atoms with Gasteiger partial charge in [-0.2, -0.15) is 0 Å². The Morgan fingerprint density at radius 1 is 1.29 bits per heavy atom. The largest absolute Gasteiger partial charge is 0.453 e. The van der Waals surface area contributed by atoms with Crippen LogP contribution in [0.15, 0.2) is 45.5 Å². The van der Waals surface area contributed by atoms with Crippen LogP contribution in [-0.2, 0) is 6.54 Å². The van der Waals surface area contributed by atoms with Gasteiger partial charge >= 0.3 is 0 Å². The van der Waals surface area contributed by atoms with E-state index in [0.29, 0.717) is 0 Å². The van der Waals surface area contributed by atoms with Crippen LogP contribution in [0.3, 0.4) is 0 Å². The van der Waals surface area contributed by atoms with E-state index in [1.165, 1.54) is 5.52 Å². The minimum atomic E-state index is 0.186. The number of rotatable bonds is 5. The molecule has 0 fully saturated rings. The molecule has 0 saturated heterocycles. The van der Waals surface area contributed by atoms with Gasteiger partial charge in [0.2, 0.25) is 0 Å². The number of benzene rings is 1. The summed E-state index contributed by atoms with van der Waals surface area (Å²) in [6.45, 7) is 5.90. The Labute approximate surface area is 132 Å². The van der Waals surface area contributed by atoms with E-state index < -0.39 is 0 Å². The molecule has 0 saturated carbocycles. The molecule has 5 heteroatoms. The molecular formula is C16H18BrN3O. The fourth-order valence-corrected chi connectivity index (χ4v) is 2.85. The van der Waals surface area contributed by atoms with Crippen LogP contribution in [0.1, 0.15) is 24.6 Å². The third-order valence-corrected chi connectivity index (χ3v) is 4.08. The Hall–Kier alpha value is -1.59. The molecule has 2 heterocycles. The second-order valence-corrected chi connectivity index (χ2v) is 5.90. The lowest BCUT2D eigenvalue weighted by molar-refractivity contribution is 0.412. The average molecular weight is 348 g/mol. The van der Waals surface area contributed by atoms with Crippen molar-refractivity contribution in [1.82, 2.24) is 14.9 Å². The Bertz CT molecular complexity index is 747. The van der Waals surface area contributed by atoms with E-state index in [1.807, 2.05) is 25.1 Å². The van der Waals surface area contributed by atoms with Crippen LogP contribution in [0.25, 0.3) is 11.0 Å². The van der Waals surface area contributed by atoms with Crippen molar-refractivity contribution < 1.29 is 4.42 Å². The normalized spacial score (nSPS) is 12.9. The number of nitrogens with zero attached hydrogens (tertiary/aromatic N) is 2. The summed E-state index contributed by atoms with van der Waals surface area (Å²) >= 11 is 3.33. The van der Waals surface area contributed by atoms with Crippen LogP contribution >= 0.6 is 15.9 Å². The maximum absolute atomic E-state index is 5.56. The molecule has 4 nitrogen and oxygen atoms in total. The molecule has 2 aromatic heterocycles. The second kappa shape index (κ2) is 6.03. The summed E-state index contributed by atoms with van der Waals surface area (Å²) in [6.07, 6.45) is 0. The molecule has 0 aliphatic carbocycles. The highest BCUT2D eigenvalue weighted by molar-refractivity contribution is 9.10. The molecule has 0 spiro atoms. The van der Waals surface area contributed by atoms with Crippen LogP contribution in [0.5, 0.6) is 0 Å². The summed E-state index contributed by atoms with van der Waals surface area (Å²) in [5.41, 5.74) is 2.24. The minimum Gasteiger partial charge on any atom is -0.453 e. The van der Waals surface area contributed by atoms with E-state index in [9.17, 15) is 0 Å². The summed E-state index contributed by atoms with van der Waals surface area (Å²) < 4.78 is 8.57. The number of halogens is 1. The van der Waals surface area contributed by atoms with Gasteiger partial charge in [0.25, 0.3) is 0 Å². The Kier molecular flexibility index (Phi) is 4.12. The molecule has 0 radical (unpaired) electrons. The van der Waals surface area contributed by atoms with Gasteiger partial charge in [0, 0.05) is 13.1 Å². The molecule has 1 unspecified atom stereocenters. The number of para-hydroxylation sites is 2. The number of aromatic nitrogens is 2. The Morgan fingerprint density at radius 2 is 2.10 bits per heavy atom. The molecule has 0 amide bonds. The third-order valence-electron chi connectivity index (χ3n) is 3.65. The Balaban J connectivity index is 1.65. The van der Waals surface area contributed by atoms with Crippen LogP contribution in [-0.4, -0.2) is 16.1 Å². The highest BCUT2D eigenvalue weighted by Crippen LogP contribution is 2.20. The van der Waals surface area contributed by atoms with Gasteiger partial charge in [0.1, 0.15) is 11.6 Å². The fourth-order valence-electron chi connectivity index (χ4n) is 2.53. The highest BCUT2D eigenvalue weighted by atomic mass is 79.9. The van der Waals surface area contributed by atoms with E-state index in [1.54, 1.807) is 0 Å². The summed E-state index contributed by atoms with van der Waals surface area (Å²) in [5.74, 6) is 1.99. The molecule has 3 aromatic rings. The number of furan rings is 1. The quantitative estimate of drug-likeness (QED) is 0.756. The predicted octanol–water partition coefficient (Wildman–Crippen LogP) is 4.05. The van der Waals surface area contributed by atoms with Crippen molar-refractivity contribution in [3.63, 3.8) is 0 Å². The number of hydrogen-bond donors (Lipinski definition) is 1. The van der Waals surface area contributed by atoms with Gasteiger partial charge in [-0.05, 0) is 54.0 Å². The van der Waals surface area contributed by atoms with Gasteiger partial charge in [-0.25, -0.2) is 4.98 Å². The van der Waals surface area contributed by atoms with Gasteiger partial charge in [0.05, 0.1) is 17.1 Å². The zero-order valence-electron chi connectivity index (χ0n) is 12.1. The lowest BCUT2D eigenvalue weighted by Crippen LogP contribution is -2.23. The minimum absolute atomic E-state index is 0.186. The van der Waals surface area contributed by atoms with E-state index in [4.69, 9.17) is 4.42 Å². The van der Waals surface area contributed by atoms with E-state index >= 15 is 0 Å². The van der Waals surface area contributed by atoms with E-state index in [-0.39, 0.29) is 6.04 Å². The van der Waals surface area contributed by atoms with Crippen molar-refractivity contribution in [2.45, 2.75) is 26.4 Å². The first-order chi connectivity index (χ1) is 10.1. The first-order valence-corrected chi connectivity index (χ1v) is 7.85. The van der Waals surface area contributed by atoms with Crippen LogP contribution in [0.2, 0.25) is 0 Å². The number of nitrogens with one attached hydrogen (secondary N) is 1. The smallest absolute Gasteiger partial charge is 0.169 e. The molecule has 21 heavy (non-hydrogen) atoms. The first kappa shape index (κ1) is 14.4. The summed E-state index contributed by atoms with van der Waals surface area (Å²) in [6, 6.07) is 12.3. The lowest BCUT2D eigenvalue weighted by Gasteiger charge is -2.13. The standard InChI is InChI=1S/C16H18BrN3O/c1-11(15-7-8-16(17)21-15)18-9-10-20-12(2)19-13-5-3-4-6-14(13)20/h3-8,11,18H,9-10H2,1-2H3. The molecule has 0 aliphatic heterocycles. The topological polar surface area (TPSA) is 43.0 Å². The van der Waals surface area contributed by atoms with Crippen molar-refractivity contribution in [2.24, 2.45) is 0 Å². The zero-order valence-corrected chi connectivity index (χ0v) is 13.7. The van der Waals surface area contributed by atoms with Gasteiger partial charge in [-0.3, -0.25) is 0 Å². The van der Waals surface area contributed by atoms with Crippen molar-refractivity contribution in [3.8, 4) is 0 Å². The predicted molar refractivity (Wildman–Crippen MR) is 87.3 cm³/mol. The van der Waals surface area contributed by atoms with Crippen molar-refractivity contribution >= 4 is 27.0 Å². The van der Waals surface area contributed by atoms with Crippen LogP contribution < -0.4 is 5.32 Å². The average Bonchev–Trinajstić information content (AvgIpc) is 3.03. The molecule has 1 atom stereocenters. The highest BCUT2D eigenvalue weighted by Gasteiger charge is 2.10.